The van der Waals surface area contributed by atoms with Crippen LogP contribution in [0.3, 0.4) is 0 Å². The molecular weight excluding hydrogens is 394 g/mol. The van der Waals surface area contributed by atoms with Gasteiger partial charge >= 0.3 is 0 Å². The lowest BCUT2D eigenvalue weighted by Crippen LogP contribution is -2.49. The molecule has 0 aliphatic carbocycles. The number of hydrogen-bond donors (Lipinski definition) is 1. The molecule has 0 spiro atoms. The third-order valence-electron chi connectivity index (χ3n) is 6.09. The van der Waals surface area contributed by atoms with Crippen LogP contribution >= 0.6 is 11.3 Å². The van der Waals surface area contributed by atoms with Gasteiger partial charge < -0.3 is 10.3 Å². The number of para-hydroxylation sites is 1. The van der Waals surface area contributed by atoms with Gasteiger partial charge in [-0.1, -0.05) is 43.2 Å². The molecule has 1 fully saturated rings. The summed E-state index contributed by atoms with van der Waals surface area (Å²) in [4.78, 5) is 21.6. The summed E-state index contributed by atoms with van der Waals surface area (Å²) in [6.45, 7) is 10.0. The molecule has 1 saturated heterocycles. The molecule has 1 aromatic carbocycles. The van der Waals surface area contributed by atoms with Crippen molar-refractivity contribution in [2.24, 2.45) is 0 Å². The molecule has 1 aromatic heterocycles. The Kier molecular flexibility index (Phi) is 6.89. The van der Waals surface area contributed by atoms with Gasteiger partial charge in [0.2, 0.25) is 11.0 Å². The van der Waals surface area contributed by atoms with Crippen LogP contribution in [0.25, 0.3) is 10.2 Å². The van der Waals surface area contributed by atoms with Crippen LogP contribution in [0.2, 0.25) is 0 Å². The van der Waals surface area contributed by atoms with Crippen LogP contribution < -0.4 is 10.4 Å². The van der Waals surface area contributed by atoms with Crippen LogP contribution in [-0.2, 0) is 4.79 Å². The number of unbranched alkanes of at least 4 members (excludes halogenated alkanes) is 2. The first-order valence-electron chi connectivity index (χ1n) is 11.2. The van der Waals surface area contributed by atoms with Crippen LogP contribution in [0.4, 0.5) is 5.13 Å². The number of piperazine rings is 1. The van der Waals surface area contributed by atoms with Gasteiger partial charge in [-0.15, -0.1) is 0 Å². The largest absolute Gasteiger partial charge is 0.340 e. The van der Waals surface area contributed by atoms with Crippen molar-refractivity contribution in [3.05, 3.63) is 35.5 Å². The Labute approximate surface area is 183 Å². The van der Waals surface area contributed by atoms with Crippen LogP contribution in [0.15, 0.2) is 35.5 Å². The number of benzene rings is 1. The van der Waals surface area contributed by atoms with E-state index in [0.29, 0.717) is 12.3 Å². The zero-order valence-corrected chi connectivity index (χ0v) is 19.0. The molecule has 2 aliphatic rings. The Bertz CT molecular complexity index is 867. The van der Waals surface area contributed by atoms with Gasteiger partial charge in [-0.25, -0.2) is 4.98 Å². The van der Waals surface area contributed by atoms with E-state index in [9.17, 15) is 4.79 Å². The minimum atomic E-state index is 0.339. The lowest BCUT2D eigenvalue weighted by molar-refractivity contribution is -0.133. The highest BCUT2D eigenvalue weighted by Gasteiger charge is 2.24. The van der Waals surface area contributed by atoms with Crippen LogP contribution in [0.5, 0.6) is 0 Å². The van der Waals surface area contributed by atoms with Gasteiger partial charge in [-0.2, -0.15) is 0 Å². The summed E-state index contributed by atoms with van der Waals surface area (Å²) < 4.78 is 1.22. The molecule has 4 rings (SSSR count). The second-order valence-electron chi connectivity index (χ2n) is 8.35. The van der Waals surface area contributed by atoms with E-state index in [2.05, 4.69) is 52.3 Å². The molecule has 2 aliphatic heterocycles. The predicted octanol–water partition coefficient (Wildman–Crippen LogP) is 4.01. The highest BCUT2D eigenvalue weighted by Crippen LogP contribution is 2.30. The second-order valence-corrected chi connectivity index (χ2v) is 9.36. The molecule has 0 bridgehead atoms. The summed E-state index contributed by atoms with van der Waals surface area (Å²) in [5.74, 6) is 0.339. The standard InChI is InChI=1S/C23H33N5OS/c1-3-4-5-10-22(29)27-15-13-26(14-16-27)12-11-19-18(2)17-28(25-19)23-24-20-8-6-7-9-21(20)30-23/h6-9,25H,3-5,10-17H2,1-2H3. The molecule has 1 amide bonds. The van der Waals surface area contributed by atoms with Crippen LogP contribution in [0, 0.1) is 0 Å². The van der Waals surface area contributed by atoms with Crippen molar-refractivity contribution in [2.75, 3.05) is 44.3 Å². The molecule has 0 atom stereocenters. The topological polar surface area (TPSA) is 51.7 Å². The number of thiazole rings is 1. The number of nitrogens with one attached hydrogen (secondary N) is 1. The summed E-state index contributed by atoms with van der Waals surface area (Å²) in [5.41, 5.74) is 7.35. The molecule has 162 valence electrons. The number of fused-ring (bicyclic) bond motifs is 1. The fourth-order valence-electron chi connectivity index (χ4n) is 4.17. The van der Waals surface area contributed by atoms with E-state index >= 15 is 0 Å². The molecule has 6 nitrogen and oxygen atoms in total. The van der Waals surface area contributed by atoms with Gasteiger partial charge in [0.1, 0.15) is 0 Å². The van der Waals surface area contributed by atoms with Crippen molar-refractivity contribution >= 4 is 32.6 Å². The molecular formula is C23H33N5OS. The van der Waals surface area contributed by atoms with Gasteiger partial charge in [0, 0.05) is 51.3 Å². The highest BCUT2D eigenvalue weighted by molar-refractivity contribution is 7.22. The maximum atomic E-state index is 12.3. The summed E-state index contributed by atoms with van der Waals surface area (Å²) in [7, 11) is 0. The van der Waals surface area contributed by atoms with Crippen LogP contribution in [-0.4, -0.2) is 60.0 Å². The number of rotatable bonds is 8. The number of carbonyl (C=O) groups excluding carboxylic acids is 1. The number of anilines is 1. The Morgan fingerprint density at radius 2 is 1.97 bits per heavy atom. The molecule has 0 radical (unpaired) electrons. The monoisotopic (exact) mass is 427 g/mol. The maximum Gasteiger partial charge on any atom is 0.222 e. The normalized spacial score (nSPS) is 17.8. The summed E-state index contributed by atoms with van der Waals surface area (Å²) in [6.07, 6.45) is 5.07. The minimum absolute atomic E-state index is 0.339. The zero-order valence-electron chi connectivity index (χ0n) is 18.2. The first kappa shape index (κ1) is 21.1. The van der Waals surface area contributed by atoms with E-state index in [4.69, 9.17) is 4.98 Å². The average Bonchev–Trinajstić information content (AvgIpc) is 3.36. The van der Waals surface area contributed by atoms with E-state index in [0.717, 1.165) is 69.2 Å². The summed E-state index contributed by atoms with van der Waals surface area (Å²) in [5, 5.41) is 3.20. The Morgan fingerprint density at radius 3 is 2.73 bits per heavy atom. The van der Waals surface area contributed by atoms with Crippen molar-refractivity contribution in [1.82, 2.24) is 20.2 Å². The fraction of sp³-hybridized carbons (Fsp3) is 0.565. The quantitative estimate of drug-likeness (QED) is 0.645. The van der Waals surface area contributed by atoms with Gasteiger partial charge in [-0.3, -0.25) is 14.7 Å². The summed E-state index contributed by atoms with van der Waals surface area (Å²) in [6, 6.07) is 8.30. The molecule has 7 heteroatoms. The summed E-state index contributed by atoms with van der Waals surface area (Å²) >= 11 is 1.73. The SMILES string of the molecule is CCCCCC(=O)N1CCN(CCC2=C(C)CN(c3nc4ccccc4s3)N2)CC1. The number of aromatic nitrogens is 1. The van der Waals surface area contributed by atoms with Crippen molar-refractivity contribution in [3.8, 4) is 0 Å². The van der Waals surface area contributed by atoms with Gasteiger partial charge in [0.05, 0.1) is 16.8 Å². The molecule has 30 heavy (non-hydrogen) atoms. The van der Waals surface area contributed by atoms with Crippen LogP contribution in [0.1, 0.15) is 46.0 Å². The van der Waals surface area contributed by atoms with Crippen molar-refractivity contribution < 1.29 is 4.79 Å². The molecule has 0 saturated carbocycles. The number of carbonyl (C=O) groups is 1. The third-order valence-corrected chi connectivity index (χ3v) is 7.15. The minimum Gasteiger partial charge on any atom is -0.340 e. The average molecular weight is 428 g/mol. The van der Waals surface area contributed by atoms with Crippen molar-refractivity contribution in [2.45, 2.75) is 46.0 Å². The zero-order chi connectivity index (χ0) is 20.9. The van der Waals surface area contributed by atoms with Gasteiger partial charge in [0.15, 0.2) is 0 Å². The van der Waals surface area contributed by atoms with Gasteiger partial charge in [0.25, 0.3) is 0 Å². The Balaban J connectivity index is 1.23. The molecule has 2 aromatic rings. The van der Waals surface area contributed by atoms with Crippen molar-refractivity contribution in [3.63, 3.8) is 0 Å². The third kappa shape index (κ3) is 4.95. The van der Waals surface area contributed by atoms with Gasteiger partial charge in [-0.05, 0) is 31.1 Å². The smallest absolute Gasteiger partial charge is 0.222 e. The molecule has 1 N–H and O–H groups in total. The number of hydrogen-bond acceptors (Lipinski definition) is 6. The lowest BCUT2D eigenvalue weighted by atomic mass is 10.1. The van der Waals surface area contributed by atoms with E-state index in [1.807, 2.05) is 6.07 Å². The van der Waals surface area contributed by atoms with Crippen molar-refractivity contribution in [1.29, 1.82) is 0 Å². The molecule has 3 heterocycles. The Morgan fingerprint density at radius 1 is 1.17 bits per heavy atom. The van der Waals surface area contributed by atoms with E-state index < -0.39 is 0 Å². The Hall–Kier alpha value is -2.12. The predicted molar refractivity (Wildman–Crippen MR) is 125 cm³/mol. The number of amides is 1. The first-order valence-corrected chi connectivity index (χ1v) is 12.0. The first-order chi connectivity index (χ1) is 14.6. The van der Waals surface area contributed by atoms with E-state index in [1.54, 1.807) is 11.3 Å². The maximum absolute atomic E-state index is 12.3. The van der Waals surface area contributed by atoms with E-state index in [1.165, 1.54) is 22.4 Å². The second kappa shape index (κ2) is 9.79. The highest BCUT2D eigenvalue weighted by atomic mass is 32.1. The molecule has 0 unspecified atom stereocenters. The van der Waals surface area contributed by atoms with E-state index in [-0.39, 0.29) is 0 Å². The lowest BCUT2D eigenvalue weighted by Gasteiger charge is -2.35. The number of nitrogens with zero attached hydrogens (tertiary/aromatic N) is 4. The number of hydrazine groups is 1. The fourth-order valence-corrected chi connectivity index (χ4v) is 5.09.